The Labute approximate surface area is 189 Å². The Morgan fingerprint density at radius 1 is 1.09 bits per heavy atom. The van der Waals surface area contributed by atoms with Gasteiger partial charge in [-0.2, -0.15) is 0 Å². The van der Waals surface area contributed by atoms with Crippen molar-refractivity contribution in [2.45, 2.75) is 0 Å². The predicted octanol–water partition coefficient (Wildman–Crippen LogP) is 2.35. The Hall–Kier alpha value is -4.09. The lowest BCUT2D eigenvalue weighted by Gasteiger charge is -2.14. The molecule has 9 nitrogen and oxygen atoms in total. The van der Waals surface area contributed by atoms with Gasteiger partial charge in [0.2, 0.25) is 5.91 Å². The van der Waals surface area contributed by atoms with E-state index in [9.17, 15) is 13.6 Å². The second-order valence-corrected chi connectivity index (χ2v) is 7.34. The minimum Gasteiger partial charge on any atom is -0.383 e. The van der Waals surface area contributed by atoms with E-state index in [0.717, 1.165) is 11.6 Å². The van der Waals surface area contributed by atoms with E-state index in [0.29, 0.717) is 16.8 Å². The van der Waals surface area contributed by atoms with Crippen molar-refractivity contribution in [1.82, 2.24) is 15.4 Å². The second kappa shape index (κ2) is 10.5. The van der Waals surface area contributed by atoms with Gasteiger partial charge >= 0.3 is 0 Å². The molecule has 0 bridgehead atoms. The zero-order valence-corrected chi connectivity index (χ0v) is 18.1. The molecule has 0 atom stereocenters. The van der Waals surface area contributed by atoms with Gasteiger partial charge in [0.05, 0.1) is 17.8 Å². The number of rotatable bonds is 7. The highest BCUT2D eigenvalue weighted by Gasteiger charge is 2.15. The molecule has 1 amide bonds. The maximum atomic E-state index is 14.1. The predicted molar refractivity (Wildman–Crippen MR) is 125 cm³/mol. The van der Waals surface area contributed by atoms with E-state index in [2.05, 4.69) is 26.3 Å². The van der Waals surface area contributed by atoms with Crippen molar-refractivity contribution in [3.05, 3.63) is 71.9 Å². The average Bonchev–Trinajstić information content (AvgIpc) is 2.77. The van der Waals surface area contributed by atoms with Crippen LogP contribution in [0.15, 0.2) is 59.8 Å². The molecule has 0 saturated carbocycles. The lowest BCUT2D eigenvalue weighted by Crippen LogP contribution is -2.27. The van der Waals surface area contributed by atoms with Crippen molar-refractivity contribution in [2.75, 3.05) is 37.0 Å². The first-order chi connectivity index (χ1) is 15.8. The van der Waals surface area contributed by atoms with Gasteiger partial charge in [-0.3, -0.25) is 4.79 Å². The van der Waals surface area contributed by atoms with Crippen LogP contribution < -0.4 is 27.7 Å². The van der Waals surface area contributed by atoms with Gasteiger partial charge < -0.3 is 21.3 Å². The average molecular weight is 454 g/mol. The van der Waals surface area contributed by atoms with Crippen LogP contribution >= 0.6 is 0 Å². The molecule has 1 heterocycles. The molecule has 172 valence electrons. The summed E-state index contributed by atoms with van der Waals surface area (Å²) in [7, 11) is 3.62. The smallest absolute Gasteiger partial charge is 0.238 e. The van der Waals surface area contributed by atoms with E-state index < -0.39 is 11.6 Å². The van der Waals surface area contributed by atoms with Crippen molar-refractivity contribution < 1.29 is 13.6 Å². The van der Waals surface area contributed by atoms with Gasteiger partial charge in [0.1, 0.15) is 5.82 Å². The maximum Gasteiger partial charge on any atom is 0.238 e. The molecule has 33 heavy (non-hydrogen) atoms. The molecule has 0 unspecified atom stereocenters. The molecular weight excluding hydrogens is 430 g/mol. The van der Waals surface area contributed by atoms with Gasteiger partial charge in [0, 0.05) is 17.4 Å². The number of halogens is 2. The normalized spacial score (nSPS) is 11.4. The summed E-state index contributed by atoms with van der Waals surface area (Å²) in [5, 5.41) is 9.40. The number of nitrogens with two attached hydrogens (primary N) is 2. The Morgan fingerprint density at radius 3 is 2.48 bits per heavy atom. The van der Waals surface area contributed by atoms with Crippen LogP contribution in [0.1, 0.15) is 5.56 Å². The molecule has 1 aromatic heterocycles. The highest BCUT2D eigenvalue weighted by Crippen LogP contribution is 2.25. The highest BCUT2D eigenvalue weighted by atomic mass is 19.2. The number of carbonyl (C=O) groups is 1. The van der Waals surface area contributed by atoms with Gasteiger partial charge in [-0.25, -0.2) is 25.1 Å². The molecule has 0 radical (unpaired) electrons. The first kappa shape index (κ1) is 23.6. The number of nitrogens with zero attached hydrogens (tertiary/aromatic N) is 3. The maximum absolute atomic E-state index is 14.1. The van der Waals surface area contributed by atoms with E-state index in [1.165, 1.54) is 12.1 Å². The summed E-state index contributed by atoms with van der Waals surface area (Å²) in [5.74, 6) is 3.26. The number of anilines is 3. The molecule has 3 aromatic rings. The number of hydrazone groups is 1. The second-order valence-electron chi connectivity index (χ2n) is 7.34. The van der Waals surface area contributed by atoms with Crippen LogP contribution in [0.2, 0.25) is 0 Å². The molecule has 2 aromatic carbocycles. The van der Waals surface area contributed by atoms with Gasteiger partial charge in [0.15, 0.2) is 17.5 Å². The van der Waals surface area contributed by atoms with Gasteiger partial charge in [0.25, 0.3) is 0 Å². The molecule has 0 aliphatic heterocycles. The van der Waals surface area contributed by atoms with E-state index >= 15 is 0 Å². The van der Waals surface area contributed by atoms with Crippen LogP contribution in [-0.4, -0.2) is 42.3 Å². The summed E-state index contributed by atoms with van der Waals surface area (Å²) in [5.41, 5.74) is 10.4. The van der Waals surface area contributed by atoms with Gasteiger partial charge in [-0.1, -0.05) is 18.2 Å². The number of hydrogen-bond donors (Lipinski definition) is 5. The Morgan fingerprint density at radius 2 is 1.82 bits per heavy atom. The van der Waals surface area contributed by atoms with Gasteiger partial charge in [-0.05, 0) is 50.0 Å². The van der Waals surface area contributed by atoms with Crippen molar-refractivity contribution in [1.29, 1.82) is 0 Å². The molecule has 0 fully saturated rings. The number of nitrogen functional groups attached to an aromatic ring is 1. The minimum atomic E-state index is -1.07. The number of hydrazine groups is 1. The standard InChI is InChI=1S/C22H24F2N8O/c1-32(2)12-19(33)28-15-8-6-13(7-9-15)14-10-16(21(25)27-11-14)22(30-31-26)29-18-5-3-4-17(23)20(18)24/h3-11,31H,12,26H2,1-2H3,(H2,25,27)(H,28,33)(H,29,30). The Balaban J connectivity index is 1.88. The molecule has 0 aliphatic carbocycles. The molecule has 0 spiro atoms. The number of amidine groups is 1. The van der Waals surface area contributed by atoms with Crippen LogP contribution in [0.3, 0.4) is 0 Å². The Kier molecular flexibility index (Phi) is 7.49. The fourth-order valence-electron chi connectivity index (χ4n) is 3.00. The van der Waals surface area contributed by atoms with E-state index in [1.807, 2.05) is 14.1 Å². The first-order valence-corrected chi connectivity index (χ1v) is 9.83. The highest BCUT2D eigenvalue weighted by molar-refractivity contribution is 6.11. The summed E-state index contributed by atoms with van der Waals surface area (Å²) in [6.07, 6.45) is 1.56. The number of hydrogen-bond acceptors (Lipinski definition) is 7. The lowest BCUT2D eigenvalue weighted by molar-refractivity contribution is -0.116. The third-order valence-electron chi connectivity index (χ3n) is 4.52. The summed E-state index contributed by atoms with van der Waals surface area (Å²) >= 11 is 0. The topological polar surface area (TPSA) is 134 Å². The molecule has 11 heteroatoms. The van der Waals surface area contributed by atoms with E-state index in [-0.39, 0.29) is 29.8 Å². The minimum absolute atomic E-state index is 0.0430. The van der Waals surface area contributed by atoms with Crippen LogP contribution in [0.5, 0.6) is 0 Å². The van der Waals surface area contributed by atoms with Crippen LogP contribution in [-0.2, 0) is 4.79 Å². The number of benzene rings is 2. The zero-order valence-electron chi connectivity index (χ0n) is 18.1. The van der Waals surface area contributed by atoms with Crippen molar-refractivity contribution >= 4 is 28.9 Å². The number of amides is 1. The monoisotopic (exact) mass is 454 g/mol. The van der Waals surface area contributed by atoms with Crippen LogP contribution in [0.4, 0.5) is 26.0 Å². The van der Waals surface area contributed by atoms with Crippen molar-refractivity contribution in [3.63, 3.8) is 0 Å². The molecule has 7 N–H and O–H groups in total. The third-order valence-corrected chi connectivity index (χ3v) is 4.52. The molecule has 0 saturated heterocycles. The van der Waals surface area contributed by atoms with Crippen molar-refractivity contribution in [2.24, 2.45) is 10.9 Å². The van der Waals surface area contributed by atoms with Gasteiger partial charge in [-0.15, -0.1) is 5.10 Å². The summed E-state index contributed by atoms with van der Waals surface area (Å²) in [6.45, 7) is 0.267. The molecular formula is C22H24F2N8O. The lowest BCUT2D eigenvalue weighted by atomic mass is 10.0. The van der Waals surface area contributed by atoms with Crippen LogP contribution in [0.25, 0.3) is 11.1 Å². The van der Waals surface area contributed by atoms with Crippen molar-refractivity contribution in [3.8, 4) is 11.1 Å². The first-order valence-electron chi connectivity index (χ1n) is 9.83. The number of nitrogens with one attached hydrogen (secondary N) is 3. The largest absolute Gasteiger partial charge is 0.383 e. The number of aromatic nitrogens is 1. The van der Waals surface area contributed by atoms with Crippen LogP contribution in [0, 0.1) is 11.6 Å². The fraction of sp³-hybridized carbons (Fsp3) is 0.136. The zero-order chi connectivity index (χ0) is 24.0. The van der Waals surface area contributed by atoms with E-state index in [1.54, 1.807) is 41.4 Å². The quantitative estimate of drug-likeness (QED) is 0.160. The summed E-state index contributed by atoms with van der Waals surface area (Å²) in [6, 6.07) is 12.5. The molecule has 3 rings (SSSR count). The summed E-state index contributed by atoms with van der Waals surface area (Å²) < 4.78 is 27.7. The number of carbonyl (C=O) groups excluding carboxylic acids is 1. The number of likely N-dealkylation sites (N-methyl/N-ethyl adjacent to an activating group) is 1. The number of pyridine rings is 1. The third kappa shape index (κ3) is 5.99. The fourth-order valence-corrected chi connectivity index (χ4v) is 3.00. The summed E-state index contributed by atoms with van der Waals surface area (Å²) in [4.78, 5) is 17.9. The Bertz CT molecular complexity index is 1170. The SMILES string of the molecule is CN(C)CC(=O)Nc1ccc(-c2cnc(N)c(/C(=N/NN)Nc3cccc(F)c3F)c2)cc1. The molecule has 0 aliphatic rings. The van der Waals surface area contributed by atoms with E-state index in [4.69, 9.17) is 11.6 Å².